The topological polar surface area (TPSA) is 57.5 Å². The van der Waals surface area contributed by atoms with Gasteiger partial charge in [-0.15, -0.1) is 0 Å². The lowest BCUT2D eigenvalue weighted by atomic mass is 9.50. The number of benzene rings is 2. The second kappa shape index (κ2) is 6.95. The number of phenolic OH excluding ortho intramolecular Hbond substituents is 1. The number of aryl methyl sites for hydroxylation is 1. The average molecular weight is 376 g/mol. The van der Waals surface area contributed by atoms with Crippen molar-refractivity contribution in [1.29, 1.82) is 0 Å². The van der Waals surface area contributed by atoms with Crippen molar-refractivity contribution in [3.8, 4) is 16.9 Å². The molecule has 4 aliphatic rings. The molecule has 0 unspecified atom stereocenters. The first kappa shape index (κ1) is 17.8. The minimum Gasteiger partial charge on any atom is -0.508 e. The second-order valence-electron chi connectivity index (χ2n) is 9.32. The van der Waals surface area contributed by atoms with Gasteiger partial charge >= 0.3 is 5.97 Å². The minimum atomic E-state index is -0.761. The van der Waals surface area contributed by atoms with Crippen LogP contribution in [0.15, 0.2) is 42.5 Å². The molecule has 2 N–H and O–H groups in total. The molecule has 3 nitrogen and oxygen atoms in total. The molecule has 0 spiro atoms. The summed E-state index contributed by atoms with van der Waals surface area (Å²) in [4.78, 5) is 10.8. The highest BCUT2D eigenvalue weighted by Gasteiger charge is 2.49. The maximum atomic E-state index is 10.8. The van der Waals surface area contributed by atoms with Crippen molar-refractivity contribution >= 4 is 5.97 Å². The molecule has 28 heavy (non-hydrogen) atoms. The van der Waals surface area contributed by atoms with E-state index in [1.165, 1.54) is 32.1 Å². The van der Waals surface area contributed by atoms with Crippen LogP contribution in [0.3, 0.4) is 0 Å². The summed E-state index contributed by atoms with van der Waals surface area (Å²) in [5, 5.41) is 19.5. The smallest absolute Gasteiger partial charge is 0.303 e. The van der Waals surface area contributed by atoms with E-state index in [2.05, 4.69) is 18.2 Å². The van der Waals surface area contributed by atoms with Crippen LogP contribution in [0, 0.1) is 23.7 Å². The summed E-state index contributed by atoms with van der Waals surface area (Å²) >= 11 is 0. The first-order valence-corrected chi connectivity index (χ1v) is 10.7. The van der Waals surface area contributed by atoms with Crippen LogP contribution >= 0.6 is 0 Å². The van der Waals surface area contributed by atoms with Crippen molar-refractivity contribution in [3.63, 3.8) is 0 Å². The molecule has 0 amide bonds. The summed E-state index contributed by atoms with van der Waals surface area (Å²) in [5.41, 5.74) is 4.47. The van der Waals surface area contributed by atoms with Crippen molar-refractivity contribution in [2.45, 2.75) is 50.9 Å². The summed E-state index contributed by atoms with van der Waals surface area (Å²) in [5.74, 6) is 3.57. The Labute approximate surface area is 166 Å². The second-order valence-corrected chi connectivity index (χ2v) is 9.32. The maximum Gasteiger partial charge on any atom is 0.303 e. The Bertz CT molecular complexity index is 855. The molecule has 0 heterocycles. The highest BCUT2D eigenvalue weighted by atomic mass is 16.4. The van der Waals surface area contributed by atoms with Gasteiger partial charge in [0.1, 0.15) is 5.75 Å². The van der Waals surface area contributed by atoms with Gasteiger partial charge in [0.25, 0.3) is 0 Å². The van der Waals surface area contributed by atoms with E-state index in [-0.39, 0.29) is 6.42 Å². The Morgan fingerprint density at radius 3 is 2.07 bits per heavy atom. The predicted octanol–water partition coefficient (Wildman–Crippen LogP) is 5.62. The van der Waals surface area contributed by atoms with Gasteiger partial charge in [0, 0.05) is 6.42 Å². The van der Waals surface area contributed by atoms with Gasteiger partial charge in [0.05, 0.1) is 0 Å². The molecule has 146 valence electrons. The van der Waals surface area contributed by atoms with E-state index in [4.69, 9.17) is 5.11 Å². The van der Waals surface area contributed by atoms with Crippen LogP contribution in [-0.4, -0.2) is 16.2 Å². The van der Waals surface area contributed by atoms with Crippen molar-refractivity contribution in [2.24, 2.45) is 23.7 Å². The normalized spacial score (nSPS) is 30.5. The molecule has 4 bridgehead atoms. The monoisotopic (exact) mass is 376 g/mol. The van der Waals surface area contributed by atoms with Gasteiger partial charge in [-0.2, -0.15) is 0 Å². The number of hydrogen-bond donors (Lipinski definition) is 2. The number of rotatable bonds is 5. The molecule has 6 rings (SSSR count). The standard InChI is InChI=1S/C25H28O3/c26-23-7-6-19(18-4-1-15(2-5-18)3-8-24(27)28)14-22(23)25-20-10-16-9-17(12-20)13-21(25)11-16/h1-2,4-7,14,16-17,20-21,25-26H,3,8-13H2,(H,27,28). The third-order valence-electron chi connectivity index (χ3n) is 7.53. The molecule has 0 saturated heterocycles. The number of phenols is 1. The molecule has 0 radical (unpaired) electrons. The molecule has 3 heteroatoms. The van der Waals surface area contributed by atoms with Gasteiger partial charge in [-0.25, -0.2) is 0 Å². The zero-order chi connectivity index (χ0) is 19.3. The Hall–Kier alpha value is -2.29. The number of hydrogen-bond acceptors (Lipinski definition) is 2. The van der Waals surface area contributed by atoms with Gasteiger partial charge in [-0.3, -0.25) is 4.79 Å². The number of aliphatic carboxylic acids is 1. The molecule has 0 aliphatic heterocycles. The molecule has 0 atom stereocenters. The number of carbonyl (C=O) groups is 1. The van der Waals surface area contributed by atoms with Crippen LogP contribution in [0.2, 0.25) is 0 Å². The van der Waals surface area contributed by atoms with Gasteiger partial charge < -0.3 is 10.2 Å². The van der Waals surface area contributed by atoms with Crippen LogP contribution < -0.4 is 0 Å². The summed E-state index contributed by atoms with van der Waals surface area (Å²) in [7, 11) is 0. The number of carboxylic acid groups (broad SMARTS) is 1. The largest absolute Gasteiger partial charge is 0.508 e. The third-order valence-corrected chi connectivity index (χ3v) is 7.53. The van der Waals surface area contributed by atoms with E-state index >= 15 is 0 Å². The van der Waals surface area contributed by atoms with Gasteiger partial charge in [-0.05, 0) is 103 Å². The van der Waals surface area contributed by atoms with Crippen LogP contribution in [0.1, 0.15) is 55.6 Å². The summed E-state index contributed by atoms with van der Waals surface area (Å²) in [6, 6.07) is 14.3. The zero-order valence-corrected chi connectivity index (χ0v) is 16.2. The lowest BCUT2D eigenvalue weighted by Gasteiger charge is -2.54. The van der Waals surface area contributed by atoms with E-state index in [1.807, 2.05) is 24.3 Å². The van der Waals surface area contributed by atoms with Crippen molar-refractivity contribution < 1.29 is 15.0 Å². The first-order valence-electron chi connectivity index (χ1n) is 10.7. The molecule has 4 saturated carbocycles. The summed E-state index contributed by atoms with van der Waals surface area (Å²) in [6.07, 6.45) is 7.55. The summed E-state index contributed by atoms with van der Waals surface area (Å²) in [6.45, 7) is 0. The van der Waals surface area contributed by atoms with Crippen LogP contribution in [0.4, 0.5) is 0 Å². The third kappa shape index (κ3) is 3.21. The fourth-order valence-electron chi connectivity index (χ4n) is 6.55. The lowest BCUT2D eigenvalue weighted by Crippen LogP contribution is -2.43. The first-order chi connectivity index (χ1) is 13.6. The van der Waals surface area contributed by atoms with E-state index in [9.17, 15) is 9.90 Å². The highest BCUT2D eigenvalue weighted by Crippen LogP contribution is 2.60. The molecule has 0 aromatic heterocycles. The van der Waals surface area contributed by atoms with E-state index in [1.54, 1.807) is 0 Å². The van der Waals surface area contributed by atoms with Crippen molar-refractivity contribution in [2.75, 3.05) is 0 Å². The summed E-state index contributed by atoms with van der Waals surface area (Å²) < 4.78 is 0. The number of carboxylic acids is 1. The predicted molar refractivity (Wildman–Crippen MR) is 109 cm³/mol. The van der Waals surface area contributed by atoms with Crippen LogP contribution in [0.5, 0.6) is 5.75 Å². The molecular formula is C25H28O3. The highest BCUT2D eigenvalue weighted by molar-refractivity contribution is 5.68. The molecule has 4 fully saturated rings. The fourth-order valence-corrected chi connectivity index (χ4v) is 6.55. The molecular weight excluding hydrogens is 348 g/mol. The van der Waals surface area contributed by atoms with E-state index in [0.29, 0.717) is 18.1 Å². The fraction of sp³-hybridized carbons (Fsp3) is 0.480. The van der Waals surface area contributed by atoms with Gasteiger partial charge in [-0.1, -0.05) is 30.3 Å². The minimum absolute atomic E-state index is 0.162. The average Bonchev–Trinajstić information content (AvgIpc) is 2.67. The van der Waals surface area contributed by atoms with Crippen LogP contribution in [-0.2, 0) is 11.2 Å². The molecule has 2 aromatic carbocycles. The van der Waals surface area contributed by atoms with E-state index in [0.717, 1.165) is 45.9 Å². The SMILES string of the molecule is O=C(O)CCc1ccc(-c2ccc(O)c(C3C4CC5CC(C4)CC3C5)c2)cc1. The van der Waals surface area contributed by atoms with Crippen molar-refractivity contribution in [1.82, 2.24) is 0 Å². The Balaban J connectivity index is 1.41. The van der Waals surface area contributed by atoms with E-state index < -0.39 is 5.97 Å². The van der Waals surface area contributed by atoms with Crippen LogP contribution in [0.25, 0.3) is 11.1 Å². The molecule has 2 aromatic rings. The molecule has 4 aliphatic carbocycles. The lowest BCUT2D eigenvalue weighted by molar-refractivity contribution is -0.136. The zero-order valence-electron chi connectivity index (χ0n) is 16.2. The quantitative estimate of drug-likeness (QED) is 0.712. The van der Waals surface area contributed by atoms with Gasteiger partial charge in [0.2, 0.25) is 0 Å². The Morgan fingerprint density at radius 1 is 0.857 bits per heavy atom. The van der Waals surface area contributed by atoms with Crippen molar-refractivity contribution in [3.05, 3.63) is 53.6 Å². The Morgan fingerprint density at radius 2 is 1.46 bits per heavy atom. The Kier molecular flexibility index (Phi) is 4.41. The maximum absolute atomic E-state index is 10.8. The van der Waals surface area contributed by atoms with Gasteiger partial charge in [0.15, 0.2) is 0 Å². The number of aromatic hydroxyl groups is 1.